The van der Waals surface area contributed by atoms with E-state index >= 15 is 0 Å². The molecule has 30 heavy (non-hydrogen) atoms. The molecule has 0 saturated carbocycles. The molecule has 1 amide bonds. The van der Waals surface area contributed by atoms with Gasteiger partial charge >= 0.3 is 0 Å². The summed E-state index contributed by atoms with van der Waals surface area (Å²) in [5, 5.41) is 0.596. The number of fused-ring (bicyclic) bond motifs is 2. The first-order valence-corrected chi connectivity index (χ1v) is 11.7. The molecule has 0 aliphatic carbocycles. The van der Waals surface area contributed by atoms with Gasteiger partial charge in [0.25, 0.3) is 0 Å². The quantitative estimate of drug-likeness (QED) is 0.589. The molecule has 0 spiro atoms. The summed E-state index contributed by atoms with van der Waals surface area (Å²) in [5.74, 6) is 0.659. The maximum Gasteiger partial charge on any atom is 0.209 e. The van der Waals surface area contributed by atoms with Gasteiger partial charge in [-0.2, -0.15) is 0 Å². The predicted octanol–water partition coefficient (Wildman–Crippen LogP) is 4.34. The molecule has 1 fully saturated rings. The number of halogens is 1. The summed E-state index contributed by atoms with van der Waals surface area (Å²) in [6.07, 6.45) is 4.33. The molecule has 2 aliphatic rings. The van der Waals surface area contributed by atoms with Gasteiger partial charge in [0.15, 0.2) is 6.29 Å². The summed E-state index contributed by atoms with van der Waals surface area (Å²) in [6.45, 7) is 2.01. The van der Waals surface area contributed by atoms with Crippen molar-refractivity contribution in [2.45, 2.75) is 41.8 Å². The molecule has 2 aromatic rings. The fraction of sp³-hybridized carbons (Fsp3) is 0.409. The third-order valence-corrected chi connectivity index (χ3v) is 7.02. The molecule has 160 valence electrons. The van der Waals surface area contributed by atoms with Gasteiger partial charge in [0, 0.05) is 31.6 Å². The van der Waals surface area contributed by atoms with Crippen LogP contribution in [-0.2, 0) is 20.3 Å². The van der Waals surface area contributed by atoms with E-state index in [1.54, 1.807) is 18.0 Å². The molecule has 0 radical (unpaired) electrons. The zero-order valence-electron chi connectivity index (χ0n) is 16.9. The average molecular weight is 449 g/mol. The van der Waals surface area contributed by atoms with E-state index in [-0.39, 0.29) is 6.29 Å². The number of ether oxygens (including phenoxy) is 2. The van der Waals surface area contributed by atoms with Gasteiger partial charge in [-0.25, -0.2) is 4.21 Å². The fourth-order valence-corrected chi connectivity index (χ4v) is 5.32. The van der Waals surface area contributed by atoms with Crippen molar-refractivity contribution in [2.24, 2.45) is 0 Å². The van der Waals surface area contributed by atoms with Crippen molar-refractivity contribution in [3.63, 3.8) is 0 Å². The van der Waals surface area contributed by atoms with Gasteiger partial charge in [-0.1, -0.05) is 11.6 Å². The normalized spacial score (nSPS) is 20.3. The van der Waals surface area contributed by atoms with E-state index in [0.29, 0.717) is 35.4 Å². The van der Waals surface area contributed by atoms with Crippen LogP contribution in [0.5, 0.6) is 5.75 Å². The number of benzene rings is 2. The van der Waals surface area contributed by atoms with Crippen LogP contribution in [0.25, 0.3) is 0 Å². The highest BCUT2D eigenvalue weighted by molar-refractivity contribution is 7.85. The Morgan fingerprint density at radius 1 is 1.23 bits per heavy atom. The van der Waals surface area contributed by atoms with Gasteiger partial charge < -0.3 is 19.3 Å². The zero-order chi connectivity index (χ0) is 21.1. The number of rotatable bonds is 7. The zero-order valence-corrected chi connectivity index (χ0v) is 18.5. The second-order valence-electron chi connectivity index (χ2n) is 7.52. The molecule has 6 nitrogen and oxygen atoms in total. The lowest BCUT2D eigenvalue weighted by Gasteiger charge is -2.33. The number of nitrogens with zero attached hydrogens (tertiary/aromatic N) is 2. The fourth-order valence-electron chi connectivity index (χ4n) is 3.77. The van der Waals surface area contributed by atoms with Crippen LogP contribution in [0.4, 0.5) is 11.4 Å². The van der Waals surface area contributed by atoms with Gasteiger partial charge in [-0.15, -0.1) is 0 Å². The van der Waals surface area contributed by atoms with Gasteiger partial charge in [0.2, 0.25) is 6.41 Å². The maximum absolute atomic E-state index is 13.3. The molecule has 2 unspecified atom stereocenters. The van der Waals surface area contributed by atoms with Crippen LogP contribution in [0.3, 0.4) is 0 Å². The Labute approximate surface area is 184 Å². The van der Waals surface area contributed by atoms with Crippen molar-refractivity contribution in [3.05, 3.63) is 41.4 Å². The number of hydrogen-bond donors (Lipinski definition) is 0. The van der Waals surface area contributed by atoms with E-state index in [1.165, 1.54) is 0 Å². The minimum Gasteiger partial charge on any atom is -0.465 e. The first-order valence-electron chi connectivity index (χ1n) is 10.1. The third-order valence-electron chi connectivity index (χ3n) is 5.31. The lowest BCUT2D eigenvalue weighted by molar-refractivity contribution is -0.117. The van der Waals surface area contributed by atoms with Gasteiger partial charge in [-0.05, 0) is 55.7 Å². The summed E-state index contributed by atoms with van der Waals surface area (Å²) in [6, 6.07) is 11.1. The Bertz CT molecular complexity index is 949. The molecule has 4 rings (SSSR count). The number of hydrogen-bond acceptors (Lipinski definition) is 5. The van der Waals surface area contributed by atoms with Crippen molar-refractivity contribution in [3.8, 4) is 5.75 Å². The van der Waals surface area contributed by atoms with Crippen LogP contribution in [0.15, 0.2) is 46.2 Å². The highest BCUT2D eigenvalue weighted by Crippen LogP contribution is 2.44. The summed E-state index contributed by atoms with van der Waals surface area (Å²) >= 11 is 6.24. The predicted molar refractivity (Wildman–Crippen MR) is 117 cm³/mol. The van der Waals surface area contributed by atoms with Crippen LogP contribution >= 0.6 is 11.6 Å². The molecule has 0 N–H and O–H groups in total. The molecule has 2 atom stereocenters. The highest BCUT2D eigenvalue weighted by atomic mass is 35.5. The average Bonchev–Trinajstić information content (AvgIpc) is 2.76. The Morgan fingerprint density at radius 2 is 2.10 bits per heavy atom. The van der Waals surface area contributed by atoms with E-state index in [0.717, 1.165) is 48.4 Å². The summed E-state index contributed by atoms with van der Waals surface area (Å²) in [7, 11) is 0.418. The number of carbonyl (C=O) groups is 1. The highest BCUT2D eigenvalue weighted by Gasteiger charge is 2.29. The molecule has 2 aromatic carbocycles. The monoisotopic (exact) mass is 448 g/mol. The second-order valence-corrected chi connectivity index (χ2v) is 9.37. The smallest absolute Gasteiger partial charge is 0.209 e. The number of carbonyl (C=O) groups excluding carboxylic acids is 1. The van der Waals surface area contributed by atoms with Gasteiger partial charge in [-0.3, -0.25) is 4.79 Å². The molecule has 0 bridgehead atoms. The lowest BCUT2D eigenvalue weighted by atomic mass is 10.2. The van der Waals surface area contributed by atoms with Crippen molar-refractivity contribution >= 4 is 40.2 Å². The molecular formula is C22H25ClN2O4S. The van der Waals surface area contributed by atoms with E-state index < -0.39 is 10.8 Å². The summed E-state index contributed by atoms with van der Waals surface area (Å²) in [4.78, 5) is 16.1. The molecule has 0 aromatic heterocycles. The van der Waals surface area contributed by atoms with Crippen LogP contribution in [0, 0.1) is 0 Å². The van der Waals surface area contributed by atoms with Gasteiger partial charge in [0.05, 0.1) is 38.6 Å². The minimum atomic E-state index is -1.34. The van der Waals surface area contributed by atoms with Crippen LogP contribution in [-0.4, -0.2) is 48.6 Å². The Kier molecular flexibility index (Phi) is 6.61. The van der Waals surface area contributed by atoms with E-state index in [2.05, 4.69) is 4.90 Å². The summed E-state index contributed by atoms with van der Waals surface area (Å²) < 4.78 is 25.0. The Balaban J connectivity index is 1.64. The van der Waals surface area contributed by atoms with E-state index in [1.807, 2.05) is 30.3 Å². The first kappa shape index (κ1) is 21.2. The molecule has 2 heterocycles. The minimum absolute atomic E-state index is 0.255. The van der Waals surface area contributed by atoms with Crippen LogP contribution in [0.1, 0.15) is 25.7 Å². The summed E-state index contributed by atoms with van der Waals surface area (Å²) in [5.41, 5.74) is 1.71. The molecule has 2 aliphatic heterocycles. The van der Waals surface area contributed by atoms with Gasteiger partial charge in [0.1, 0.15) is 5.75 Å². The number of amides is 1. The maximum atomic E-state index is 13.3. The SMILES string of the molecule is CN(C=O)CCCN1c2cc(Cl)ccc2S(=O)c2cc(OC3CCCCO3)ccc21. The topological polar surface area (TPSA) is 59.1 Å². The standard InChI is InChI=1S/C22H25ClN2O4S/c1-24(15-26)10-4-11-25-18-8-7-17(29-22-5-2-3-12-28-22)14-21(18)30(27)20-9-6-16(23)13-19(20)25/h6-9,13-15,22H,2-5,10-12H2,1H3. The Hall–Kier alpha value is -2.09. The van der Waals surface area contributed by atoms with Crippen LogP contribution < -0.4 is 9.64 Å². The molecule has 8 heteroatoms. The molecule has 1 saturated heterocycles. The largest absolute Gasteiger partial charge is 0.465 e. The van der Waals surface area contributed by atoms with E-state index in [9.17, 15) is 9.00 Å². The van der Waals surface area contributed by atoms with E-state index in [4.69, 9.17) is 21.1 Å². The lowest BCUT2D eigenvalue weighted by Crippen LogP contribution is -2.28. The number of anilines is 2. The van der Waals surface area contributed by atoms with Crippen molar-refractivity contribution < 1.29 is 18.5 Å². The van der Waals surface area contributed by atoms with Crippen LogP contribution in [0.2, 0.25) is 5.02 Å². The van der Waals surface area contributed by atoms with Crippen molar-refractivity contribution in [1.82, 2.24) is 4.90 Å². The first-order chi connectivity index (χ1) is 14.6. The van der Waals surface area contributed by atoms with Crippen molar-refractivity contribution in [1.29, 1.82) is 0 Å². The van der Waals surface area contributed by atoms with Crippen molar-refractivity contribution in [2.75, 3.05) is 31.6 Å². The molecular weight excluding hydrogens is 424 g/mol. The second kappa shape index (κ2) is 9.37. The third kappa shape index (κ3) is 4.48. The Morgan fingerprint density at radius 3 is 2.87 bits per heavy atom.